The first kappa shape index (κ1) is 57.4. The molecule has 0 N–H and O–H groups in total. The van der Waals surface area contributed by atoms with E-state index in [-0.39, 0.29) is 24.0 Å². The highest BCUT2D eigenvalue weighted by atomic mass is 19.4. The number of rotatable bonds is 18. The van der Waals surface area contributed by atoms with Gasteiger partial charge in [0.15, 0.2) is 12.2 Å². The minimum absolute atomic E-state index is 0.0209. The molecule has 8 rings (SSSR count). The molecule has 6 aromatic rings. The van der Waals surface area contributed by atoms with E-state index in [2.05, 4.69) is 23.3 Å². The van der Waals surface area contributed by atoms with Gasteiger partial charge >= 0.3 is 24.2 Å². The molecule has 2 fully saturated rings. The molecule has 0 bridgehead atoms. The molecule has 0 spiro atoms. The summed E-state index contributed by atoms with van der Waals surface area (Å²) in [5.74, 6) is -13.3. The van der Waals surface area contributed by atoms with Gasteiger partial charge in [-0.15, -0.1) is 0 Å². The van der Waals surface area contributed by atoms with Gasteiger partial charge in [0, 0.05) is 38.2 Å². The average Bonchev–Trinajstić information content (AvgIpc) is 3.46. The van der Waals surface area contributed by atoms with Crippen LogP contribution < -0.4 is 4.74 Å². The normalized spacial score (nSPS) is 19.5. The Bertz CT molecular complexity index is 2730. The Labute approximate surface area is 442 Å². The highest BCUT2D eigenvalue weighted by Gasteiger charge is 2.48. The molecule has 2 aliphatic carbocycles. The Morgan fingerprint density at radius 3 is 1.09 bits per heavy atom. The Morgan fingerprint density at radius 1 is 0.429 bits per heavy atom. The summed E-state index contributed by atoms with van der Waals surface area (Å²) in [7, 11) is 1.41. The third kappa shape index (κ3) is 13.0. The summed E-state index contributed by atoms with van der Waals surface area (Å²) in [6.07, 6.45) is -10.0. The molecule has 2 unspecified atom stereocenters. The van der Waals surface area contributed by atoms with Gasteiger partial charge < -0.3 is 14.2 Å². The van der Waals surface area contributed by atoms with Gasteiger partial charge in [0.25, 0.3) is 0 Å². The highest BCUT2D eigenvalue weighted by Crippen LogP contribution is 2.50. The predicted octanol–water partition coefficient (Wildman–Crippen LogP) is 18.0. The zero-order valence-corrected chi connectivity index (χ0v) is 43.3. The van der Waals surface area contributed by atoms with Gasteiger partial charge in [-0.2, -0.15) is 43.9 Å². The molecule has 0 heterocycles. The summed E-state index contributed by atoms with van der Waals surface area (Å²) in [6, 6.07) is 27.9. The molecular formula is C62H62F12O3. The molecule has 2 saturated carbocycles. The van der Waals surface area contributed by atoms with Crippen molar-refractivity contribution in [2.45, 2.75) is 139 Å². The number of hydrogen-bond donors (Lipinski definition) is 0. The fourth-order valence-corrected chi connectivity index (χ4v) is 11.1. The van der Waals surface area contributed by atoms with E-state index < -0.39 is 106 Å². The van der Waals surface area contributed by atoms with Gasteiger partial charge in [-0.25, -0.2) is 8.78 Å². The first-order chi connectivity index (χ1) is 36.5. The maximum Gasteiger partial charge on any atom is 0.414 e. The van der Waals surface area contributed by atoms with E-state index in [4.69, 9.17) is 4.74 Å². The summed E-state index contributed by atoms with van der Waals surface area (Å²) in [5, 5.41) is 0. The molecule has 412 valence electrons. The summed E-state index contributed by atoms with van der Waals surface area (Å²) in [4.78, 5) is 0. The third-order valence-corrected chi connectivity index (χ3v) is 15.8. The molecule has 0 saturated heterocycles. The summed E-state index contributed by atoms with van der Waals surface area (Å²) in [5.41, 5.74) is -3.37. The molecule has 0 aliphatic heterocycles. The third-order valence-electron chi connectivity index (χ3n) is 15.8. The van der Waals surface area contributed by atoms with E-state index in [0.717, 1.165) is 74.6 Å². The van der Waals surface area contributed by atoms with Crippen molar-refractivity contribution in [1.82, 2.24) is 0 Å². The zero-order chi connectivity index (χ0) is 55.5. The van der Waals surface area contributed by atoms with E-state index in [1.165, 1.54) is 36.4 Å². The van der Waals surface area contributed by atoms with Gasteiger partial charge in [0.2, 0.25) is 0 Å². The van der Waals surface area contributed by atoms with Crippen molar-refractivity contribution in [3.05, 3.63) is 200 Å². The molecule has 0 amide bonds. The van der Waals surface area contributed by atoms with Gasteiger partial charge in [-0.1, -0.05) is 149 Å². The lowest BCUT2D eigenvalue weighted by Gasteiger charge is -2.28. The minimum Gasteiger partial charge on any atom is -0.456 e. The summed E-state index contributed by atoms with van der Waals surface area (Å²) >= 11 is 0. The van der Waals surface area contributed by atoms with Crippen molar-refractivity contribution < 1.29 is 66.9 Å². The maximum absolute atomic E-state index is 17.8. The van der Waals surface area contributed by atoms with Crippen LogP contribution in [0.4, 0.5) is 52.7 Å². The molecular weight excluding hydrogens is 1020 g/mol. The second-order valence-electron chi connectivity index (χ2n) is 21.1. The number of hydrogen-bond acceptors (Lipinski definition) is 3. The van der Waals surface area contributed by atoms with Crippen LogP contribution in [0.2, 0.25) is 0 Å². The van der Waals surface area contributed by atoms with Crippen molar-refractivity contribution in [2.24, 2.45) is 11.8 Å². The molecule has 6 aromatic carbocycles. The number of ether oxygens (including phenoxy) is 3. The number of benzene rings is 6. The highest BCUT2D eigenvalue weighted by molar-refractivity contribution is 5.55. The van der Waals surface area contributed by atoms with Crippen molar-refractivity contribution in [3.8, 4) is 11.5 Å². The Hall–Kier alpha value is -5.80. The van der Waals surface area contributed by atoms with Crippen LogP contribution >= 0.6 is 0 Å². The molecule has 15 heteroatoms. The van der Waals surface area contributed by atoms with E-state index in [9.17, 15) is 26.3 Å². The largest absolute Gasteiger partial charge is 0.456 e. The van der Waals surface area contributed by atoms with Crippen molar-refractivity contribution in [1.29, 1.82) is 0 Å². The first-order valence-corrected chi connectivity index (χ1v) is 26.1. The fraction of sp³-hybridized carbons (Fsp3) is 0.419. The lowest BCUT2D eigenvalue weighted by atomic mass is 9.79. The maximum atomic E-state index is 17.8. The first-order valence-electron chi connectivity index (χ1n) is 26.1. The predicted molar refractivity (Wildman–Crippen MR) is 272 cm³/mol. The molecule has 2 aliphatic rings. The van der Waals surface area contributed by atoms with E-state index >= 15 is 26.3 Å². The molecule has 3 nitrogen and oxygen atoms in total. The van der Waals surface area contributed by atoms with Crippen LogP contribution in [0.1, 0.15) is 144 Å². The van der Waals surface area contributed by atoms with Gasteiger partial charge in [-0.05, 0) is 119 Å². The van der Waals surface area contributed by atoms with E-state index in [0.29, 0.717) is 73.3 Å². The summed E-state index contributed by atoms with van der Waals surface area (Å²) in [6.45, 7) is 4.41. The van der Waals surface area contributed by atoms with Crippen LogP contribution in [-0.4, -0.2) is 38.8 Å². The fourth-order valence-electron chi connectivity index (χ4n) is 11.1. The lowest BCUT2D eigenvalue weighted by Crippen LogP contribution is -2.33. The van der Waals surface area contributed by atoms with E-state index in [1.54, 1.807) is 24.3 Å². The molecule has 0 aromatic heterocycles. The van der Waals surface area contributed by atoms with Crippen molar-refractivity contribution in [3.63, 3.8) is 0 Å². The second kappa shape index (κ2) is 23.7. The van der Waals surface area contributed by atoms with Crippen LogP contribution in [0.25, 0.3) is 0 Å². The monoisotopic (exact) mass is 1080 g/mol. The van der Waals surface area contributed by atoms with Crippen molar-refractivity contribution in [2.75, 3.05) is 14.2 Å². The topological polar surface area (TPSA) is 27.7 Å². The van der Waals surface area contributed by atoms with Crippen LogP contribution in [0.5, 0.6) is 11.5 Å². The zero-order valence-electron chi connectivity index (χ0n) is 43.3. The van der Waals surface area contributed by atoms with Crippen LogP contribution in [0.15, 0.2) is 121 Å². The standard InChI is InChI=1S/C62H62F12O3/c1-37-13-21-41(22-14-37)43-25-17-39(18-26-43)33-45-9-5-7-11-49(45)59(65,66)55-51(31-29-47(57(55)63)35-53(75-3)61(69,70)71)77-52-32-30-48(36-54(76-4)62(72,73)74)58(64)56(52)60(67,68)50-12-8-6-10-46(50)34-40-19-27-44(28-20-40)42-23-15-38(2)16-24-42/h5-12,17-20,25-32,37-38,41-42,53-54H,13-16,21-24,33-36H2,1-4H3. The number of alkyl halides is 10. The van der Waals surface area contributed by atoms with Crippen molar-refractivity contribution >= 4 is 0 Å². The second-order valence-corrected chi connectivity index (χ2v) is 21.1. The van der Waals surface area contributed by atoms with Crippen LogP contribution in [0, 0.1) is 23.5 Å². The number of halogens is 12. The SMILES string of the molecule is COC(Cc1ccc(Oc2ccc(CC(OC)C(F)(F)F)c(F)c2C(F)(F)c2ccccc2Cc2ccc(C3CCC(C)CC3)cc2)c(C(F)(F)c2ccccc2Cc2ccc(C3CCC(C)CC3)cc2)c1F)C(F)(F)F. The average molecular weight is 1080 g/mol. The van der Waals surface area contributed by atoms with Gasteiger partial charge in [0.05, 0.1) is 0 Å². The van der Waals surface area contributed by atoms with Gasteiger partial charge in [-0.3, -0.25) is 0 Å². The lowest BCUT2D eigenvalue weighted by molar-refractivity contribution is -0.212. The Balaban J connectivity index is 1.22. The van der Waals surface area contributed by atoms with Crippen LogP contribution in [0.3, 0.4) is 0 Å². The molecule has 0 radical (unpaired) electrons. The Morgan fingerprint density at radius 2 is 0.766 bits per heavy atom. The minimum atomic E-state index is -5.09. The molecule has 2 atom stereocenters. The Kier molecular flexibility index (Phi) is 17.6. The summed E-state index contributed by atoms with van der Waals surface area (Å²) < 4.78 is 205. The van der Waals surface area contributed by atoms with E-state index in [1.807, 2.05) is 24.3 Å². The smallest absolute Gasteiger partial charge is 0.414 e. The number of methoxy groups -OCH3 is 2. The van der Waals surface area contributed by atoms with Crippen LogP contribution in [-0.2, 0) is 47.0 Å². The molecule has 77 heavy (non-hydrogen) atoms. The quantitative estimate of drug-likeness (QED) is 0.0803. The van der Waals surface area contributed by atoms with Gasteiger partial charge in [0.1, 0.15) is 34.3 Å².